The third-order valence-corrected chi connectivity index (χ3v) is 5.73. The summed E-state index contributed by atoms with van der Waals surface area (Å²) in [6, 6.07) is 0.0504. The molecule has 1 amide bonds. The zero-order chi connectivity index (χ0) is 14.8. The molecule has 0 spiro atoms. The molecule has 1 heterocycles. The Morgan fingerprint density at radius 2 is 1.75 bits per heavy atom. The van der Waals surface area contributed by atoms with Crippen molar-refractivity contribution in [3.8, 4) is 0 Å². The molecule has 6 nitrogen and oxygen atoms in total. The quantitative estimate of drug-likeness (QED) is 0.770. The monoisotopic (exact) mass is 303 g/mol. The molecule has 7 heteroatoms. The standard InChI is InChI=1S/C13H25N3O3S/c1-20(18,19)16-8-6-10(7-9-16)15-13(17)11-4-2-3-5-12(11)14/h10-12H,2-9,14H2,1H3,(H,15,17). The van der Waals surface area contributed by atoms with E-state index in [-0.39, 0.29) is 23.9 Å². The minimum Gasteiger partial charge on any atom is -0.353 e. The maximum atomic E-state index is 12.2. The van der Waals surface area contributed by atoms with Crippen molar-refractivity contribution in [1.82, 2.24) is 9.62 Å². The first-order valence-electron chi connectivity index (χ1n) is 7.39. The number of carbonyl (C=O) groups is 1. The average Bonchev–Trinajstić information content (AvgIpc) is 2.38. The van der Waals surface area contributed by atoms with Gasteiger partial charge in [-0.1, -0.05) is 12.8 Å². The fraction of sp³-hybridized carbons (Fsp3) is 0.923. The number of nitrogens with two attached hydrogens (primary N) is 1. The summed E-state index contributed by atoms with van der Waals surface area (Å²) in [4.78, 5) is 12.2. The van der Waals surface area contributed by atoms with Crippen LogP contribution in [0.3, 0.4) is 0 Å². The van der Waals surface area contributed by atoms with Crippen molar-refractivity contribution in [2.75, 3.05) is 19.3 Å². The van der Waals surface area contributed by atoms with Crippen molar-refractivity contribution < 1.29 is 13.2 Å². The third-order valence-electron chi connectivity index (χ3n) is 4.43. The number of hydrogen-bond acceptors (Lipinski definition) is 4. The minimum atomic E-state index is -3.11. The number of nitrogens with one attached hydrogen (secondary N) is 1. The normalized spacial score (nSPS) is 30.1. The molecular weight excluding hydrogens is 278 g/mol. The van der Waals surface area contributed by atoms with Crippen molar-refractivity contribution in [2.45, 2.75) is 50.6 Å². The van der Waals surface area contributed by atoms with E-state index in [2.05, 4.69) is 5.32 Å². The number of carbonyl (C=O) groups excluding carboxylic acids is 1. The Kier molecular flexibility index (Phi) is 5.04. The molecule has 2 atom stereocenters. The van der Waals surface area contributed by atoms with E-state index in [9.17, 15) is 13.2 Å². The molecule has 1 saturated carbocycles. The predicted molar refractivity (Wildman–Crippen MR) is 77.5 cm³/mol. The molecule has 116 valence electrons. The van der Waals surface area contributed by atoms with Crippen LogP contribution in [0.5, 0.6) is 0 Å². The van der Waals surface area contributed by atoms with Crippen LogP contribution >= 0.6 is 0 Å². The van der Waals surface area contributed by atoms with Crippen molar-refractivity contribution in [3.05, 3.63) is 0 Å². The molecule has 2 unspecified atom stereocenters. The van der Waals surface area contributed by atoms with Gasteiger partial charge in [-0.05, 0) is 25.7 Å². The topological polar surface area (TPSA) is 92.5 Å². The molecule has 0 radical (unpaired) electrons. The van der Waals surface area contributed by atoms with Crippen LogP contribution in [0.1, 0.15) is 38.5 Å². The summed E-state index contributed by atoms with van der Waals surface area (Å²) in [5.74, 6) is -0.0216. The molecule has 0 aromatic heterocycles. The molecule has 0 aromatic carbocycles. The van der Waals surface area contributed by atoms with Crippen LogP contribution in [0.4, 0.5) is 0 Å². The van der Waals surface area contributed by atoms with E-state index in [4.69, 9.17) is 5.73 Å². The Balaban J connectivity index is 1.82. The summed E-state index contributed by atoms with van der Waals surface area (Å²) in [5.41, 5.74) is 6.02. The van der Waals surface area contributed by atoms with E-state index in [1.807, 2.05) is 0 Å². The second kappa shape index (κ2) is 6.41. The first-order valence-corrected chi connectivity index (χ1v) is 9.24. The predicted octanol–water partition coefficient (Wildman–Crippen LogP) is 0.0441. The number of nitrogens with zero attached hydrogens (tertiary/aromatic N) is 1. The van der Waals surface area contributed by atoms with Crippen molar-refractivity contribution in [2.24, 2.45) is 11.7 Å². The second-order valence-corrected chi connectivity index (χ2v) is 7.98. The number of piperidine rings is 1. The first kappa shape index (κ1) is 15.7. The van der Waals surface area contributed by atoms with Crippen LogP contribution in [0.2, 0.25) is 0 Å². The molecule has 2 aliphatic rings. The Morgan fingerprint density at radius 3 is 2.30 bits per heavy atom. The van der Waals surface area contributed by atoms with Gasteiger partial charge in [0, 0.05) is 25.2 Å². The lowest BCUT2D eigenvalue weighted by Crippen LogP contribution is -2.50. The zero-order valence-corrected chi connectivity index (χ0v) is 12.9. The van der Waals surface area contributed by atoms with Crippen molar-refractivity contribution >= 4 is 15.9 Å². The number of sulfonamides is 1. The zero-order valence-electron chi connectivity index (χ0n) is 12.0. The van der Waals surface area contributed by atoms with Gasteiger partial charge in [-0.2, -0.15) is 0 Å². The van der Waals surface area contributed by atoms with E-state index in [1.54, 1.807) is 0 Å². The van der Waals surface area contributed by atoms with Gasteiger partial charge in [0.15, 0.2) is 0 Å². The Hall–Kier alpha value is -0.660. The van der Waals surface area contributed by atoms with Gasteiger partial charge in [0.2, 0.25) is 15.9 Å². The highest BCUT2D eigenvalue weighted by molar-refractivity contribution is 7.88. The molecule has 0 aromatic rings. The summed E-state index contributed by atoms with van der Waals surface area (Å²) >= 11 is 0. The number of rotatable bonds is 3. The van der Waals surface area contributed by atoms with Gasteiger partial charge >= 0.3 is 0 Å². The molecule has 1 aliphatic heterocycles. The van der Waals surface area contributed by atoms with E-state index < -0.39 is 10.0 Å². The molecule has 1 saturated heterocycles. The Morgan fingerprint density at radius 1 is 1.15 bits per heavy atom. The van der Waals surface area contributed by atoms with Crippen molar-refractivity contribution in [1.29, 1.82) is 0 Å². The lowest BCUT2D eigenvalue weighted by Gasteiger charge is -2.33. The van der Waals surface area contributed by atoms with Gasteiger partial charge in [0.1, 0.15) is 0 Å². The summed E-state index contributed by atoms with van der Waals surface area (Å²) in [6.45, 7) is 0.973. The highest BCUT2D eigenvalue weighted by Crippen LogP contribution is 2.23. The lowest BCUT2D eigenvalue weighted by molar-refractivity contribution is -0.127. The van der Waals surface area contributed by atoms with Crippen LogP contribution in [-0.2, 0) is 14.8 Å². The van der Waals surface area contributed by atoms with Gasteiger partial charge in [-0.3, -0.25) is 4.79 Å². The SMILES string of the molecule is CS(=O)(=O)N1CCC(NC(=O)C2CCCCC2N)CC1. The summed E-state index contributed by atoms with van der Waals surface area (Å²) in [6.07, 6.45) is 6.56. The summed E-state index contributed by atoms with van der Waals surface area (Å²) < 4.78 is 24.3. The fourth-order valence-corrected chi connectivity index (χ4v) is 4.00. The third kappa shape index (κ3) is 3.93. The largest absolute Gasteiger partial charge is 0.353 e. The number of hydrogen-bond donors (Lipinski definition) is 2. The van der Waals surface area contributed by atoms with Gasteiger partial charge in [0.05, 0.1) is 12.2 Å². The molecule has 2 fully saturated rings. The highest BCUT2D eigenvalue weighted by atomic mass is 32.2. The summed E-state index contributed by atoms with van der Waals surface area (Å²) in [5, 5.41) is 3.05. The van der Waals surface area contributed by atoms with Gasteiger partial charge in [-0.25, -0.2) is 12.7 Å². The lowest BCUT2D eigenvalue weighted by atomic mass is 9.84. The summed E-state index contributed by atoms with van der Waals surface area (Å²) in [7, 11) is -3.11. The minimum absolute atomic E-state index is 0.0279. The maximum absolute atomic E-state index is 12.2. The molecule has 1 aliphatic carbocycles. The van der Waals surface area contributed by atoms with Crippen LogP contribution in [0.15, 0.2) is 0 Å². The smallest absolute Gasteiger partial charge is 0.224 e. The maximum Gasteiger partial charge on any atom is 0.224 e. The van der Waals surface area contributed by atoms with E-state index in [1.165, 1.54) is 10.6 Å². The van der Waals surface area contributed by atoms with Crippen LogP contribution < -0.4 is 11.1 Å². The van der Waals surface area contributed by atoms with E-state index >= 15 is 0 Å². The van der Waals surface area contributed by atoms with Crippen molar-refractivity contribution in [3.63, 3.8) is 0 Å². The molecule has 20 heavy (non-hydrogen) atoms. The van der Waals surface area contributed by atoms with Crippen LogP contribution in [0, 0.1) is 5.92 Å². The highest BCUT2D eigenvalue weighted by Gasteiger charge is 2.31. The fourth-order valence-electron chi connectivity index (χ4n) is 3.13. The van der Waals surface area contributed by atoms with Gasteiger partial charge in [0.25, 0.3) is 0 Å². The van der Waals surface area contributed by atoms with Gasteiger partial charge in [-0.15, -0.1) is 0 Å². The first-order chi connectivity index (χ1) is 9.38. The molecule has 3 N–H and O–H groups in total. The van der Waals surface area contributed by atoms with E-state index in [0.29, 0.717) is 25.9 Å². The van der Waals surface area contributed by atoms with Crippen LogP contribution in [0.25, 0.3) is 0 Å². The second-order valence-electron chi connectivity index (χ2n) is 6.00. The van der Waals surface area contributed by atoms with E-state index in [0.717, 1.165) is 25.7 Å². The molecule has 0 bridgehead atoms. The molecule has 2 rings (SSSR count). The number of amides is 1. The Bertz CT molecular complexity index is 444. The van der Waals surface area contributed by atoms with Crippen LogP contribution in [-0.4, -0.2) is 50.1 Å². The Labute approximate surface area is 121 Å². The molecular formula is C13H25N3O3S. The van der Waals surface area contributed by atoms with Gasteiger partial charge < -0.3 is 11.1 Å². The average molecular weight is 303 g/mol.